The molecule has 0 saturated carbocycles. The van der Waals surface area contributed by atoms with Crippen molar-refractivity contribution in [3.8, 4) is 6.07 Å². The fourth-order valence-electron chi connectivity index (χ4n) is 4.81. The summed E-state index contributed by atoms with van der Waals surface area (Å²) in [6.45, 7) is 0.676. The number of nitrogens with zero attached hydrogens (tertiary/aromatic N) is 4. The summed E-state index contributed by atoms with van der Waals surface area (Å²) in [5.74, 6) is -0.709. The number of carbonyl (C=O) groups is 2. The number of ketones is 1. The van der Waals surface area contributed by atoms with Crippen LogP contribution in [-0.2, 0) is 16.0 Å². The summed E-state index contributed by atoms with van der Waals surface area (Å²) in [4.78, 5) is 36.6. The van der Waals surface area contributed by atoms with Crippen LogP contribution >= 0.6 is 11.8 Å². The summed E-state index contributed by atoms with van der Waals surface area (Å²) in [6, 6.07) is 14.1. The van der Waals surface area contributed by atoms with Gasteiger partial charge in [0.25, 0.3) is 0 Å². The van der Waals surface area contributed by atoms with Gasteiger partial charge in [-0.15, -0.1) is 0 Å². The van der Waals surface area contributed by atoms with Crippen LogP contribution in [0.4, 0.5) is 5.69 Å². The van der Waals surface area contributed by atoms with E-state index >= 15 is 0 Å². The van der Waals surface area contributed by atoms with E-state index in [1.165, 1.54) is 17.3 Å². The number of anilines is 1. The van der Waals surface area contributed by atoms with Crippen molar-refractivity contribution in [3.05, 3.63) is 71.2 Å². The number of para-hydroxylation sites is 1. The Kier molecular flexibility index (Phi) is 5.62. The molecule has 2 unspecified atom stereocenters. The SMILES string of the molecule is N#CC1C(SCC(=O)N2CCc3ccccc32)=NC2=C(C(=O)CCC2)C1c1cccnc1. The number of aromatic nitrogens is 1. The first-order valence-electron chi connectivity index (χ1n) is 10.8. The van der Waals surface area contributed by atoms with Gasteiger partial charge in [-0.25, -0.2) is 4.99 Å². The molecule has 32 heavy (non-hydrogen) atoms. The number of thioether (sulfide) groups is 1. The molecule has 2 aromatic rings. The highest BCUT2D eigenvalue weighted by Crippen LogP contribution is 2.44. The van der Waals surface area contributed by atoms with Crippen molar-refractivity contribution in [1.29, 1.82) is 5.26 Å². The van der Waals surface area contributed by atoms with Crippen LogP contribution in [-0.4, -0.2) is 34.0 Å². The monoisotopic (exact) mass is 442 g/mol. The summed E-state index contributed by atoms with van der Waals surface area (Å²) < 4.78 is 0. The van der Waals surface area contributed by atoms with Crippen LogP contribution in [0.15, 0.2) is 65.1 Å². The minimum absolute atomic E-state index is 0.0109. The topological polar surface area (TPSA) is 86.4 Å². The Bertz CT molecular complexity index is 1180. The lowest BCUT2D eigenvalue weighted by Crippen LogP contribution is -2.33. The van der Waals surface area contributed by atoms with Gasteiger partial charge in [0, 0.05) is 48.2 Å². The van der Waals surface area contributed by atoms with Gasteiger partial charge in [-0.05, 0) is 42.5 Å². The molecular formula is C25H22N4O2S. The second kappa shape index (κ2) is 8.71. The number of allylic oxidation sites excluding steroid dienone is 2. The molecule has 5 rings (SSSR count). The number of nitriles is 1. The molecule has 3 heterocycles. The van der Waals surface area contributed by atoms with E-state index in [0.717, 1.165) is 29.8 Å². The Morgan fingerprint density at radius 3 is 2.88 bits per heavy atom. The molecule has 7 heteroatoms. The molecule has 0 radical (unpaired) electrons. The molecule has 2 atom stereocenters. The molecular weight excluding hydrogens is 420 g/mol. The average molecular weight is 443 g/mol. The van der Waals surface area contributed by atoms with Crippen LogP contribution in [0.25, 0.3) is 0 Å². The Morgan fingerprint density at radius 1 is 1.19 bits per heavy atom. The summed E-state index contributed by atoms with van der Waals surface area (Å²) >= 11 is 1.33. The van der Waals surface area contributed by atoms with E-state index in [2.05, 4.69) is 17.1 Å². The van der Waals surface area contributed by atoms with E-state index in [0.29, 0.717) is 30.0 Å². The maximum Gasteiger partial charge on any atom is 0.237 e. The number of carbonyl (C=O) groups excluding carboxylic acids is 2. The third-order valence-electron chi connectivity index (χ3n) is 6.30. The van der Waals surface area contributed by atoms with Crippen LogP contribution in [0.3, 0.4) is 0 Å². The lowest BCUT2D eigenvalue weighted by molar-refractivity contribution is -0.117. The number of fused-ring (bicyclic) bond motifs is 1. The first-order chi connectivity index (χ1) is 15.7. The maximum absolute atomic E-state index is 13.0. The average Bonchev–Trinajstić information content (AvgIpc) is 3.26. The number of Topliss-reactive ketones (excluding diaryl/α,β-unsaturated/α-hetero) is 1. The molecule has 0 bridgehead atoms. The summed E-state index contributed by atoms with van der Waals surface area (Å²) in [6.07, 6.45) is 6.23. The van der Waals surface area contributed by atoms with Crippen LogP contribution in [0.2, 0.25) is 0 Å². The molecule has 0 fully saturated rings. The first-order valence-corrected chi connectivity index (χ1v) is 11.8. The molecule has 1 aromatic heterocycles. The second-order valence-corrected chi connectivity index (χ2v) is 9.17. The van der Waals surface area contributed by atoms with Crippen LogP contribution < -0.4 is 4.90 Å². The van der Waals surface area contributed by atoms with Crippen molar-refractivity contribution in [2.45, 2.75) is 31.6 Å². The Labute approximate surface area is 191 Å². The van der Waals surface area contributed by atoms with Crippen LogP contribution in [0.5, 0.6) is 0 Å². The Balaban J connectivity index is 1.43. The van der Waals surface area contributed by atoms with Crippen molar-refractivity contribution in [2.75, 3.05) is 17.2 Å². The summed E-state index contributed by atoms with van der Waals surface area (Å²) in [7, 11) is 0. The fourth-order valence-corrected chi connectivity index (χ4v) is 5.78. The lowest BCUT2D eigenvalue weighted by Gasteiger charge is -2.33. The molecule has 0 spiro atoms. The van der Waals surface area contributed by atoms with E-state index in [4.69, 9.17) is 4.99 Å². The van der Waals surface area contributed by atoms with Gasteiger partial charge in [0.1, 0.15) is 5.92 Å². The van der Waals surface area contributed by atoms with E-state index in [1.54, 1.807) is 12.4 Å². The predicted molar refractivity (Wildman–Crippen MR) is 124 cm³/mol. The smallest absolute Gasteiger partial charge is 0.237 e. The zero-order valence-corrected chi connectivity index (χ0v) is 18.3. The third kappa shape index (κ3) is 3.65. The molecule has 1 aromatic carbocycles. The highest BCUT2D eigenvalue weighted by Gasteiger charge is 2.41. The van der Waals surface area contributed by atoms with Gasteiger partial charge in [0.15, 0.2) is 5.78 Å². The maximum atomic E-state index is 13.0. The van der Waals surface area contributed by atoms with Gasteiger partial charge in [-0.2, -0.15) is 5.26 Å². The third-order valence-corrected chi connectivity index (χ3v) is 7.33. The quantitative estimate of drug-likeness (QED) is 0.716. The zero-order valence-electron chi connectivity index (χ0n) is 17.5. The zero-order chi connectivity index (χ0) is 22.1. The van der Waals surface area contributed by atoms with Gasteiger partial charge < -0.3 is 4.90 Å². The van der Waals surface area contributed by atoms with Gasteiger partial charge in [0.2, 0.25) is 5.91 Å². The van der Waals surface area contributed by atoms with E-state index in [-0.39, 0.29) is 23.4 Å². The Morgan fingerprint density at radius 2 is 2.06 bits per heavy atom. The normalized spacial score (nSPS) is 22.2. The van der Waals surface area contributed by atoms with E-state index in [1.807, 2.05) is 35.2 Å². The van der Waals surface area contributed by atoms with Crippen LogP contribution in [0.1, 0.15) is 36.3 Å². The lowest BCUT2D eigenvalue weighted by atomic mass is 9.75. The van der Waals surface area contributed by atoms with Gasteiger partial charge in [-0.3, -0.25) is 14.6 Å². The Hall–Kier alpha value is -3.24. The van der Waals surface area contributed by atoms with Crippen molar-refractivity contribution in [1.82, 2.24) is 4.98 Å². The minimum Gasteiger partial charge on any atom is -0.311 e. The molecule has 0 N–H and O–H groups in total. The standard InChI is InChI=1S/C25H22N4O2S/c26-13-18-23(17-6-4-11-27-14-17)24-19(7-3-9-21(24)30)28-25(18)32-15-22(31)29-12-10-16-5-1-2-8-20(16)29/h1-2,4-6,8,11,14,18,23H,3,7,9-10,12,15H2. The van der Waals surface area contributed by atoms with Gasteiger partial charge in [0.05, 0.1) is 16.9 Å². The highest BCUT2D eigenvalue weighted by atomic mass is 32.2. The summed E-state index contributed by atoms with van der Waals surface area (Å²) in [5.41, 5.74) is 4.41. The summed E-state index contributed by atoms with van der Waals surface area (Å²) in [5, 5.41) is 10.7. The number of hydrogen-bond donors (Lipinski definition) is 0. The largest absolute Gasteiger partial charge is 0.311 e. The van der Waals surface area contributed by atoms with Crippen molar-refractivity contribution < 1.29 is 9.59 Å². The molecule has 0 saturated heterocycles. The van der Waals surface area contributed by atoms with E-state index in [9.17, 15) is 14.9 Å². The van der Waals surface area contributed by atoms with Crippen molar-refractivity contribution >= 4 is 34.2 Å². The molecule has 160 valence electrons. The van der Waals surface area contributed by atoms with Gasteiger partial charge in [-0.1, -0.05) is 36.0 Å². The number of rotatable bonds is 3. The van der Waals surface area contributed by atoms with Gasteiger partial charge >= 0.3 is 0 Å². The van der Waals surface area contributed by atoms with Crippen molar-refractivity contribution in [3.63, 3.8) is 0 Å². The van der Waals surface area contributed by atoms with Crippen molar-refractivity contribution in [2.24, 2.45) is 10.9 Å². The number of aliphatic imine (C=N–C) groups is 1. The minimum atomic E-state index is -0.608. The number of pyridine rings is 1. The molecule has 1 aliphatic carbocycles. The highest BCUT2D eigenvalue weighted by molar-refractivity contribution is 8.14. The first kappa shape index (κ1) is 20.7. The van der Waals surface area contributed by atoms with Crippen LogP contribution in [0, 0.1) is 17.2 Å². The van der Waals surface area contributed by atoms with E-state index < -0.39 is 5.92 Å². The number of amides is 1. The molecule has 2 aliphatic heterocycles. The fraction of sp³-hybridized carbons (Fsp3) is 0.320. The predicted octanol–water partition coefficient (Wildman–Crippen LogP) is 4.05. The molecule has 6 nitrogen and oxygen atoms in total. The second-order valence-electron chi connectivity index (χ2n) is 8.17. The molecule has 3 aliphatic rings. The number of hydrogen-bond acceptors (Lipinski definition) is 6. The number of benzene rings is 1. The molecule has 1 amide bonds.